The minimum Gasteiger partial charge on any atom is -0.497 e. The van der Waals surface area contributed by atoms with Gasteiger partial charge < -0.3 is 9.30 Å². The topological polar surface area (TPSA) is 31.2 Å². The number of aromatic nitrogens is 1. The van der Waals surface area contributed by atoms with Gasteiger partial charge in [-0.25, -0.2) is 0 Å². The first-order valence-electron chi connectivity index (χ1n) is 6.72. The minimum absolute atomic E-state index is 0.134. The molecule has 3 heteroatoms. The number of aryl methyl sites for hydroxylation is 2. The number of hydrogen-bond acceptors (Lipinski definition) is 2. The zero-order valence-corrected chi connectivity index (χ0v) is 11.7. The van der Waals surface area contributed by atoms with Crippen LogP contribution in [0.15, 0.2) is 42.1 Å². The van der Waals surface area contributed by atoms with Gasteiger partial charge in [0.15, 0.2) is 5.78 Å². The molecule has 1 aliphatic carbocycles. The number of methoxy groups -OCH3 is 1. The van der Waals surface area contributed by atoms with Crippen LogP contribution in [0.25, 0.3) is 6.08 Å². The van der Waals surface area contributed by atoms with Crippen LogP contribution in [-0.2, 0) is 13.5 Å². The number of carbonyl (C=O) groups is 1. The molecular weight excluding hydrogens is 250 g/mol. The Morgan fingerprint density at radius 2 is 2.10 bits per heavy atom. The molecule has 3 nitrogen and oxygen atoms in total. The molecule has 102 valence electrons. The Hall–Kier alpha value is -2.29. The van der Waals surface area contributed by atoms with Crippen LogP contribution in [0.4, 0.5) is 0 Å². The molecule has 0 saturated heterocycles. The normalized spacial score (nSPS) is 16.3. The average molecular weight is 267 g/mol. The lowest BCUT2D eigenvalue weighted by Gasteiger charge is -2.18. The van der Waals surface area contributed by atoms with Gasteiger partial charge in [0, 0.05) is 30.1 Å². The number of allylic oxidation sites excluding steroid dienone is 1. The summed E-state index contributed by atoms with van der Waals surface area (Å²) in [6.45, 7) is 0. The van der Waals surface area contributed by atoms with Gasteiger partial charge in [0.2, 0.25) is 0 Å². The van der Waals surface area contributed by atoms with E-state index in [1.54, 1.807) is 7.11 Å². The van der Waals surface area contributed by atoms with Gasteiger partial charge in [-0.3, -0.25) is 4.79 Å². The molecule has 0 atom stereocenters. The molecule has 0 radical (unpaired) electrons. The molecule has 1 aromatic carbocycles. The van der Waals surface area contributed by atoms with Crippen molar-refractivity contribution in [3.05, 3.63) is 58.9 Å². The minimum atomic E-state index is 0.134. The molecule has 20 heavy (non-hydrogen) atoms. The number of nitrogens with zero attached hydrogens (tertiary/aromatic N) is 1. The lowest BCUT2D eigenvalue weighted by Crippen LogP contribution is -2.14. The van der Waals surface area contributed by atoms with Gasteiger partial charge in [-0.2, -0.15) is 0 Å². The monoisotopic (exact) mass is 267 g/mol. The molecule has 0 unspecified atom stereocenters. The summed E-state index contributed by atoms with van der Waals surface area (Å²) in [6.07, 6.45) is 5.65. The number of benzene rings is 1. The predicted molar refractivity (Wildman–Crippen MR) is 79.0 cm³/mol. The Kier molecular flexibility index (Phi) is 3.18. The molecule has 1 aliphatic rings. The van der Waals surface area contributed by atoms with E-state index in [2.05, 4.69) is 0 Å². The Labute approximate surface area is 118 Å². The third kappa shape index (κ3) is 2.16. The number of ether oxygens (including phenoxy) is 1. The second kappa shape index (κ2) is 5.00. The van der Waals surface area contributed by atoms with Crippen LogP contribution in [0.1, 0.15) is 28.0 Å². The molecule has 0 amide bonds. The summed E-state index contributed by atoms with van der Waals surface area (Å²) in [5, 5.41) is 0. The number of ketones is 1. The van der Waals surface area contributed by atoms with Crippen LogP contribution < -0.4 is 4.74 Å². The van der Waals surface area contributed by atoms with Crippen LogP contribution in [0.5, 0.6) is 5.75 Å². The summed E-state index contributed by atoms with van der Waals surface area (Å²) in [6, 6.07) is 9.69. The summed E-state index contributed by atoms with van der Waals surface area (Å²) < 4.78 is 7.23. The summed E-state index contributed by atoms with van der Waals surface area (Å²) in [4.78, 5) is 12.5. The van der Waals surface area contributed by atoms with Crippen molar-refractivity contribution in [1.82, 2.24) is 4.57 Å². The van der Waals surface area contributed by atoms with E-state index in [1.807, 2.05) is 54.2 Å². The summed E-state index contributed by atoms with van der Waals surface area (Å²) in [5.41, 5.74) is 3.82. The van der Waals surface area contributed by atoms with Gasteiger partial charge in [-0.15, -0.1) is 0 Å². The van der Waals surface area contributed by atoms with Crippen molar-refractivity contribution in [2.45, 2.75) is 12.8 Å². The molecule has 2 aromatic rings. The zero-order chi connectivity index (χ0) is 14.1. The molecule has 3 rings (SSSR count). The van der Waals surface area contributed by atoms with Crippen LogP contribution in [0.3, 0.4) is 0 Å². The Bertz CT molecular complexity index is 695. The fourth-order valence-electron chi connectivity index (χ4n) is 2.62. The molecule has 0 N–H and O–H groups in total. The van der Waals surface area contributed by atoms with E-state index < -0.39 is 0 Å². The lowest BCUT2D eigenvalue weighted by molar-refractivity contribution is 0.102. The predicted octanol–water partition coefficient (Wildman–Crippen LogP) is 3.25. The highest BCUT2D eigenvalue weighted by Crippen LogP contribution is 2.29. The van der Waals surface area contributed by atoms with Crippen LogP contribution in [-0.4, -0.2) is 17.5 Å². The van der Waals surface area contributed by atoms with E-state index in [9.17, 15) is 4.79 Å². The van der Waals surface area contributed by atoms with Crippen LogP contribution in [0.2, 0.25) is 0 Å². The Morgan fingerprint density at radius 3 is 2.80 bits per heavy atom. The molecule has 0 fully saturated rings. The smallest absolute Gasteiger partial charge is 0.189 e. The van der Waals surface area contributed by atoms with Crippen molar-refractivity contribution in [3.8, 4) is 5.75 Å². The maximum atomic E-state index is 12.5. The van der Waals surface area contributed by atoms with E-state index in [0.29, 0.717) is 0 Å². The first kappa shape index (κ1) is 12.7. The average Bonchev–Trinajstić information content (AvgIpc) is 2.87. The van der Waals surface area contributed by atoms with E-state index in [4.69, 9.17) is 4.74 Å². The highest BCUT2D eigenvalue weighted by Gasteiger charge is 2.22. The number of Topliss-reactive ketones (excluding diaryl/α,β-unsaturated/α-hetero) is 1. The van der Waals surface area contributed by atoms with Crippen molar-refractivity contribution in [1.29, 1.82) is 0 Å². The first-order chi connectivity index (χ1) is 9.69. The fourth-order valence-corrected chi connectivity index (χ4v) is 2.62. The van der Waals surface area contributed by atoms with Crippen molar-refractivity contribution < 1.29 is 9.53 Å². The SMILES string of the molecule is COc1ccc2c(c1)CC/C(=C\c1cccn1C)C2=O. The van der Waals surface area contributed by atoms with E-state index >= 15 is 0 Å². The standard InChI is InChI=1S/C17H17NO2/c1-18-9-3-4-14(18)10-13-6-5-12-11-15(20-2)7-8-16(12)17(13)19/h3-4,7-11H,5-6H2,1-2H3/b13-10+. The number of hydrogen-bond donors (Lipinski definition) is 0. The molecule has 0 saturated carbocycles. The van der Waals surface area contributed by atoms with E-state index in [-0.39, 0.29) is 5.78 Å². The summed E-state index contributed by atoms with van der Waals surface area (Å²) in [5.74, 6) is 0.946. The number of fused-ring (bicyclic) bond motifs is 1. The lowest BCUT2D eigenvalue weighted by atomic mass is 9.86. The van der Waals surface area contributed by atoms with Crippen molar-refractivity contribution in [3.63, 3.8) is 0 Å². The number of carbonyl (C=O) groups excluding carboxylic acids is 1. The van der Waals surface area contributed by atoms with Crippen LogP contribution in [0, 0.1) is 0 Å². The third-order valence-corrected chi connectivity index (χ3v) is 3.82. The van der Waals surface area contributed by atoms with Crippen LogP contribution >= 0.6 is 0 Å². The van der Waals surface area contributed by atoms with Crippen molar-refractivity contribution >= 4 is 11.9 Å². The van der Waals surface area contributed by atoms with Gasteiger partial charge in [0.05, 0.1) is 7.11 Å². The summed E-state index contributed by atoms with van der Waals surface area (Å²) >= 11 is 0. The Balaban J connectivity index is 1.97. The molecule has 0 spiro atoms. The third-order valence-electron chi connectivity index (χ3n) is 3.82. The first-order valence-corrected chi connectivity index (χ1v) is 6.72. The summed E-state index contributed by atoms with van der Waals surface area (Å²) in [7, 11) is 3.63. The van der Waals surface area contributed by atoms with E-state index in [1.165, 1.54) is 0 Å². The van der Waals surface area contributed by atoms with Gasteiger partial charge in [0.25, 0.3) is 0 Å². The molecule has 0 aliphatic heterocycles. The van der Waals surface area contributed by atoms with Crippen molar-refractivity contribution in [2.75, 3.05) is 7.11 Å². The maximum absolute atomic E-state index is 12.5. The highest BCUT2D eigenvalue weighted by molar-refractivity contribution is 6.13. The van der Waals surface area contributed by atoms with Gasteiger partial charge in [0.1, 0.15) is 5.75 Å². The molecular formula is C17H17NO2. The molecule has 1 aromatic heterocycles. The van der Waals surface area contributed by atoms with E-state index in [0.717, 1.165) is 41.0 Å². The fraction of sp³-hybridized carbons (Fsp3) is 0.235. The molecule has 1 heterocycles. The highest BCUT2D eigenvalue weighted by atomic mass is 16.5. The second-order valence-corrected chi connectivity index (χ2v) is 5.07. The number of rotatable bonds is 2. The van der Waals surface area contributed by atoms with Crippen molar-refractivity contribution in [2.24, 2.45) is 7.05 Å². The maximum Gasteiger partial charge on any atom is 0.189 e. The zero-order valence-electron chi connectivity index (χ0n) is 11.7. The Morgan fingerprint density at radius 1 is 1.25 bits per heavy atom. The second-order valence-electron chi connectivity index (χ2n) is 5.07. The van der Waals surface area contributed by atoms with Gasteiger partial charge >= 0.3 is 0 Å². The van der Waals surface area contributed by atoms with Gasteiger partial charge in [-0.05, 0) is 54.8 Å². The quantitative estimate of drug-likeness (QED) is 0.782. The van der Waals surface area contributed by atoms with Gasteiger partial charge in [-0.1, -0.05) is 0 Å². The molecule has 0 bridgehead atoms. The largest absolute Gasteiger partial charge is 0.497 e.